The highest BCUT2D eigenvalue weighted by atomic mass is 127. The lowest BCUT2D eigenvalue weighted by Gasteiger charge is -2.26. The molecule has 1 unspecified atom stereocenters. The Kier molecular flexibility index (Phi) is 8.39. The van der Waals surface area contributed by atoms with Gasteiger partial charge in [-0.3, -0.25) is 4.99 Å². The van der Waals surface area contributed by atoms with E-state index < -0.39 is 0 Å². The van der Waals surface area contributed by atoms with Crippen molar-refractivity contribution in [1.82, 2.24) is 25.4 Å². The number of para-hydroxylation sites is 1. The maximum atomic E-state index is 6.34. The summed E-state index contributed by atoms with van der Waals surface area (Å²) < 4.78 is 13.9. The van der Waals surface area contributed by atoms with Crippen LogP contribution >= 0.6 is 24.0 Å². The highest BCUT2D eigenvalue weighted by Gasteiger charge is 2.23. The van der Waals surface area contributed by atoms with Gasteiger partial charge in [0.1, 0.15) is 11.6 Å². The van der Waals surface area contributed by atoms with Crippen molar-refractivity contribution in [1.29, 1.82) is 0 Å². The van der Waals surface area contributed by atoms with E-state index in [1.165, 1.54) is 12.8 Å². The third-order valence-corrected chi connectivity index (χ3v) is 5.84. The fourth-order valence-corrected chi connectivity index (χ4v) is 4.29. The first-order valence-electron chi connectivity index (χ1n) is 10.9. The van der Waals surface area contributed by atoms with Crippen molar-refractivity contribution in [3.63, 3.8) is 0 Å². The van der Waals surface area contributed by atoms with Crippen LogP contribution in [0.15, 0.2) is 23.2 Å². The number of nitrogens with one attached hydrogen (secondary N) is 2. The van der Waals surface area contributed by atoms with Crippen molar-refractivity contribution in [2.24, 2.45) is 4.99 Å². The topological polar surface area (TPSA) is 85.6 Å². The van der Waals surface area contributed by atoms with Gasteiger partial charge < -0.3 is 20.1 Å². The summed E-state index contributed by atoms with van der Waals surface area (Å²) in [6, 6.07) is 6.31. The number of benzene rings is 1. The Labute approximate surface area is 201 Å². The summed E-state index contributed by atoms with van der Waals surface area (Å²) in [5, 5.41) is 11.4. The van der Waals surface area contributed by atoms with Gasteiger partial charge in [0.2, 0.25) is 0 Å². The molecule has 1 aliphatic carbocycles. The molecular weight excluding hydrogens is 507 g/mol. The molecule has 0 radical (unpaired) electrons. The molecule has 4 rings (SSSR count). The van der Waals surface area contributed by atoms with Crippen molar-refractivity contribution in [3.8, 4) is 11.5 Å². The summed E-state index contributed by atoms with van der Waals surface area (Å²) in [4.78, 5) is 8.89. The van der Waals surface area contributed by atoms with Crippen LogP contribution in [0.4, 0.5) is 0 Å². The molecule has 2 heterocycles. The number of aliphatic imine (C=N–C) groups is 1. The Bertz CT molecular complexity index is 894. The molecule has 1 aliphatic heterocycles. The Balaban J connectivity index is 0.00000272. The maximum Gasteiger partial charge on any atom is 0.191 e. The standard InChI is InChI=1S/C22H32N6O2.HI/c1-15-25-20-12-11-17(14-28(20)27-15)26-22(23-2)24-13-16-7-6-10-19(29-3)21(16)30-18-8-4-5-9-18;/h6-7,10,17-18H,4-5,8-9,11-14H2,1-3H3,(H2,23,24,26);1H. The van der Waals surface area contributed by atoms with E-state index in [1.54, 1.807) is 14.2 Å². The molecule has 0 saturated heterocycles. The zero-order chi connectivity index (χ0) is 20.9. The SMILES string of the molecule is CN=C(NCc1cccc(OC)c1OC1CCCC1)NC1CCc2nc(C)nn2C1.I. The number of methoxy groups -OCH3 is 1. The zero-order valence-electron chi connectivity index (χ0n) is 18.6. The largest absolute Gasteiger partial charge is 0.493 e. The fourth-order valence-electron chi connectivity index (χ4n) is 4.29. The second-order valence-corrected chi connectivity index (χ2v) is 8.04. The smallest absolute Gasteiger partial charge is 0.191 e. The maximum absolute atomic E-state index is 6.34. The molecule has 2 aromatic rings. The van der Waals surface area contributed by atoms with Gasteiger partial charge in [-0.2, -0.15) is 5.10 Å². The average Bonchev–Trinajstić information content (AvgIpc) is 3.39. The Morgan fingerprint density at radius 1 is 1.26 bits per heavy atom. The second kappa shape index (κ2) is 11.0. The van der Waals surface area contributed by atoms with E-state index in [2.05, 4.69) is 31.8 Å². The minimum absolute atomic E-state index is 0. The fraction of sp³-hybridized carbons (Fsp3) is 0.591. The zero-order valence-corrected chi connectivity index (χ0v) is 20.9. The van der Waals surface area contributed by atoms with Crippen molar-refractivity contribution < 1.29 is 9.47 Å². The van der Waals surface area contributed by atoms with Crippen LogP contribution in [0.5, 0.6) is 11.5 Å². The van der Waals surface area contributed by atoms with Gasteiger partial charge in [0, 0.05) is 31.6 Å². The van der Waals surface area contributed by atoms with Crippen LogP contribution in [0.1, 0.15) is 49.3 Å². The third kappa shape index (κ3) is 5.81. The number of halogens is 1. The van der Waals surface area contributed by atoms with Crippen LogP contribution < -0.4 is 20.1 Å². The molecule has 1 aromatic carbocycles. The summed E-state index contributed by atoms with van der Waals surface area (Å²) in [5.74, 6) is 4.30. The molecule has 1 saturated carbocycles. The van der Waals surface area contributed by atoms with Crippen LogP contribution in [-0.2, 0) is 19.5 Å². The number of hydrogen-bond acceptors (Lipinski definition) is 5. The van der Waals surface area contributed by atoms with Crippen LogP contribution in [0.25, 0.3) is 0 Å². The predicted octanol–water partition coefficient (Wildman–Crippen LogP) is 3.21. The number of hydrogen-bond donors (Lipinski definition) is 2. The molecule has 170 valence electrons. The van der Waals surface area contributed by atoms with Crippen LogP contribution in [0.3, 0.4) is 0 Å². The van der Waals surface area contributed by atoms with Crippen molar-refractivity contribution in [3.05, 3.63) is 35.4 Å². The highest BCUT2D eigenvalue weighted by Crippen LogP contribution is 2.34. The second-order valence-electron chi connectivity index (χ2n) is 8.04. The summed E-state index contributed by atoms with van der Waals surface area (Å²) in [6.45, 7) is 3.35. The molecule has 8 nitrogen and oxygen atoms in total. The molecule has 2 aliphatic rings. The number of fused-ring (bicyclic) bond motifs is 1. The summed E-state index contributed by atoms with van der Waals surface area (Å²) in [7, 11) is 3.49. The lowest BCUT2D eigenvalue weighted by molar-refractivity contribution is 0.198. The number of aryl methyl sites for hydroxylation is 2. The van der Waals surface area contributed by atoms with E-state index in [9.17, 15) is 0 Å². The first kappa shape index (κ1) is 23.6. The molecule has 0 amide bonds. The minimum Gasteiger partial charge on any atom is -0.493 e. The van der Waals surface area contributed by atoms with Gasteiger partial charge >= 0.3 is 0 Å². The van der Waals surface area contributed by atoms with E-state index in [0.29, 0.717) is 6.54 Å². The highest BCUT2D eigenvalue weighted by molar-refractivity contribution is 14.0. The van der Waals surface area contributed by atoms with Gasteiger partial charge in [-0.1, -0.05) is 12.1 Å². The van der Waals surface area contributed by atoms with Gasteiger partial charge in [0.05, 0.1) is 19.8 Å². The van der Waals surface area contributed by atoms with Crippen LogP contribution in [0, 0.1) is 6.92 Å². The number of guanidine groups is 1. The molecular formula is C22H33IN6O2. The van der Waals surface area contributed by atoms with E-state index in [-0.39, 0.29) is 36.1 Å². The van der Waals surface area contributed by atoms with Gasteiger partial charge in [0.15, 0.2) is 17.5 Å². The van der Waals surface area contributed by atoms with Gasteiger partial charge in [0.25, 0.3) is 0 Å². The lowest BCUT2D eigenvalue weighted by Crippen LogP contribution is -2.46. The van der Waals surface area contributed by atoms with Crippen LogP contribution in [0.2, 0.25) is 0 Å². The molecule has 1 fully saturated rings. The molecule has 1 atom stereocenters. The lowest BCUT2D eigenvalue weighted by atomic mass is 10.1. The van der Waals surface area contributed by atoms with Gasteiger partial charge in [-0.05, 0) is 45.1 Å². The first-order valence-corrected chi connectivity index (χ1v) is 10.9. The third-order valence-electron chi connectivity index (χ3n) is 5.84. The molecule has 0 bridgehead atoms. The summed E-state index contributed by atoms with van der Waals surface area (Å²) in [6.07, 6.45) is 6.90. The van der Waals surface area contributed by atoms with Gasteiger partial charge in [-0.25, -0.2) is 9.67 Å². The molecule has 2 N–H and O–H groups in total. The normalized spacial score (nSPS) is 18.8. The van der Waals surface area contributed by atoms with E-state index in [1.807, 2.05) is 23.7 Å². The minimum atomic E-state index is 0. The molecule has 1 aromatic heterocycles. The van der Waals surface area contributed by atoms with Gasteiger partial charge in [-0.15, -0.1) is 24.0 Å². The molecule has 0 spiro atoms. The van der Waals surface area contributed by atoms with Crippen LogP contribution in [-0.4, -0.2) is 47.0 Å². The predicted molar refractivity (Wildman–Crippen MR) is 131 cm³/mol. The number of aromatic nitrogens is 3. The molecule has 31 heavy (non-hydrogen) atoms. The van der Waals surface area contributed by atoms with E-state index in [4.69, 9.17) is 9.47 Å². The van der Waals surface area contributed by atoms with Crippen molar-refractivity contribution in [2.75, 3.05) is 14.2 Å². The Morgan fingerprint density at radius 3 is 2.81 bits per heavy atom. The van der Waals surface area contributed by atoms with E-state index in [0.717, 1.165) is 66.9 Å². The Morgan fingerprint density at radius 2 is 2.06 bits per heavy atom. The molecule has 9 heteroatoms. The van der Waals surface area contributed by atoms with E-state index >= 15 is 0 Å². The average molecular weight is 540 g/mol. The summed E-state index contributed by atoms with van der Waals surface area (Å²) >= 11 is 0. The van der Waals surface area contributed by atoms with Crippen molar-refractivity contribution in [2.45, 2.75) is 70.7 Å². The summed E-state index contributed by atoms with van der Waals surface area (Å²) in [5.41, 5.74) is 1.07. The Hall–Kier alpha value is -2.04. The van der Waals surface area contributed by atoms with Crippen molar-refractivity contribution >= 4 is 29.9 Å². The number of ether oxygens (including phenoxy) is 2. The first-order chi connectivity index (χ1) is 14.7. The number of rotatable bonds is 6. The monoisotopic (exact) mass is 540 g/mol. The number of nitrogens with zero attached hydrogens (tertiary/aromatic N) is 4. The quantitative estimate of drug-likeness (QED) is 0.333.